The number of aromatic amines is 1. The number of nitrogens with zero attached hydrogens (tertiary/aromatic N) is 3. The largest absolute Gasteiger partial charge is 0.491 e. The quantitative estimate of drug-likeness (QED) is 0.445. The van der Waals surface area contributed by atoms with E-state index < -0.39 is 5.82 Å². The predicted molar refractivity (Wildman–Crippen MR) is 127 cm³/mol. The normalized spacial score (nSPS) is 18.0. The number of aromatic nitrogens is 3. The van der Waals surface area contributed by atoms with Crippen LogP contribution >= 0.6 is 11.6 Å². The third-order valence-electron chi connectivity index (χ3n) is 6.62. The van der Waals surface area contributed by atoms with Crippen LogP contribution in [-0.4, -0.2) is 47.2 Å². The van der Waals surface area contributed by atoms with Crippen molar-refractivity contribution >= 4 is 39.1 Å². The van der Waals surface area contributed by atoms with Crippen LogP contribution in [0.2, 0.25) is 5.02 Å². The van der Waals surface area contributed by atoms with Crippen LogP contribution in [0.4, 0.5) is 10.2 Å². The maximum Gasteiger partial charge on any atom is 0.256 e. The van der Waals surface area contributed by atoms with Gasteiger partial charge in [0.25, 0.3) is 5.56 Å². The van der Waals surface area contributed by atoms with E-state index in [0.717, 1.165) is 31.6 Å². The van der Waals surface area contributed by atoms with Crippen LogP contribution < -0.4 is 20.5 Å². The molecule has 168 valence electrons. The molecule has 2 aromatic carbocycles. The van der Waals surface area contributed by atoms with Crippen molar-refractivity contribution in [3.63, 3.8) is 0 Å². The first-order valence-electron chi connectivity index (χ1n) is 10.9. The zero-order valence-corrected chi connectivity index (χ0v) is 18.7. The van der Waals surface area contributed by atoms with Crippen LogP contribution in [0.5, 0.6) is 5.75 Å². The van der Waals surface area contributed by atoms with Crippen molar-refractivity contribution in [2.24, 2.45) is 0 Å². The molecule has 33 heavy (non-hydrogen) atoms. The smallest absolute Gasteiger partial charge is 0.256 e. The fraction of sp³-hybridized carbons (Fsp3) is 0.292. The molecule has 0 radical (unpaired) electrons. The Labute approximate surface area is 193 Å². The van der Waals surface area contributed by atoms with Gasteiger partial charge in [-0.15, -0.1) is 0 Å². The van der Waals surface area contributed by atoms with Gasteiger partial charge in [0.05, 0.1) is 22.4 Å². The Morgan fingerprint density at radius 2 is 2.09 bits per heavy atom. The van der Waals surface area contributed by atoms with E-state index in [1.165, 1.54) is 6.33 Å². The minimum Gasteiger partial charge on any atom is -0.491 e. The molecule has 7 nitrogen and oxygen atoms in total. The molecule has 1 fully saturated rings. The fourth-order valence-corrected chi connectivity index (χ4v) is 5.39. The van der Waals surface area contributed by atoms with Crippen molar-refractivity contribution in [2.75, 3.05) is 31.1 Å². The van der Waals surface area contributed by atoms with Crippen LogP contribution in [0.25, 0.3) is 32.8 Å². The van der Waals surface area contributed by atoms with Gasteiger partial charge in [-0.25, -0.2) is 14.4 Å². The number of benzene rings is 2. The molecule has 2 aromatic heterocycles. The highest BCUT2D eigenvalue weighted by molar-refractivity contribution is 6.37. The maximum absolute atomic E-state index is 16.3. The molecular weight excluding hydrogens is 445 g/mol. The van der Waals surface area contributed by atoms with Gasteiger partial charge in [0, 0.05) is 49.4 Å². The number of hydrogen-bond donors (Lipinski definition) is 2. The van der Waals surface area contributed by atoms with Gasteiger partial charge >= 0.3 is 0 Å². The van der Waals surface area contributed by atoms with Crippen LogP contribution in [-0.2, 0) is 0 Å². The van der Waals surface area contributed by atoms with E-state index in [-0.39, 0.29) is 27.7 Å². The van der Waals surface area contributed by atoms with Crippen molar-refractivity contribution in [3.05, 3.63) is 57.5 Å². The zero-order valence-electron chi connectivity index (χ0n) is 17.9. The van der Waals surface area contributed by atoms with Gasteiger partial charge in [0.15, 0.2) is 11.6 Å². The van der Waals surface area contributed by atoms with Crippen LogP contribution in [0.15, 0.2) is 35.5 Å². The topological polar surface area (TPSA) is 83.1 Å². The predicted octanol–water partition coefficient (Wildman–Crippen LogP) is 3.80. The molecule has 0 saturated carbocycles. The summed E-state index contributed by atoms with van der Waals surface area (Å²) < 4.78 is 22.4. The molecule has 6 rings (SSSR count). The first-order chi connectivity index (χ1) is 16.1. The highest BCUT2D eigenvalue weighted by atomic mass is 35.5. The molecule has 1 atom stereocenters. The number of anilines is 1. The number of rotatable bonds is 1. The van der Waals surface area contributed by atoms with Crippen molar-refractivity contribution in [1.82, 2.24) is 20.3 Å². The van der Waals surface area contributed by atoms with Gasteiger partial charge in [-0.2, -0.15) is 0 Å². The molecule has 4 aromatic rings. The summed E-state index contributed by atoms with van der Waals surface area (Å²) in [4.78, 5) is 26.5. The Balaban J connectivity index is 1.73. The molecule has 0 amide bonds. The maximum atomic E-state index is 16.3. The fourth-order valence-electron chi connectivity index (χ4n) is 5.07. The lowest BCUT2D eigenvalue weighted by Crippen LogP contribution is -2.52. The SMILES string of the molecule is Cc1ccc2cc[nH]c(=O)c2c1-c1c(Cl)c2c3c(ncnc3c1F)N1CCNCC1CCO2. The number of H-pyrrole nitrogens is 1. The van der Waals surface area contributed by atoms with Crippen molar-refractivity contribution < 1.29 is 9.13 Å². The second kappa shape index (κ2) is 7.67. The third kappa shape index (κ3) is 3.01. The Morgan fingerprint density at radius 3 is 2.97 bits per heavy atom. The Hall–Kier alpha value is -3.23. The van der Waals surface area contributed by atoms with E-state index >= 15 is 4.39 Å². The summed E-state index contributed by atoms with van der Waals surface area (Å²) in [5, 5.41) is 5.08. The number of pyridine rings is 1. The van der Waals surface area contributed by atoms with Crippen LogP contribution in [0, 0.1) is 12.7 Å². The summed E-state index contributed by atoms with van der Waals surface area (Å²) in [5.74, 6) is 0.401. The first-order valence-corrected chi connectivity index (χ1v) is 11.3. The van der Waals surface area contributed by atoms with E-state index in [1.807, 2.05) is 19.1 Å². The molecule has 2 aliphatic rings. The summed E-state index contributed by atoms with van der Waals surface area (Å²) in [6.07, 6.45) is 3.73. The number of nitrogens with one attached hydrogen (secondary N) is 2. The van der Waals surface area contributed by atoms with E-state index in [4.69, 9.17) is 16.3 Å². The molecule has 0 bridgehead atoms. The minimum atomic E-state index is -0.586. The third-order valence-corrected chi connectivity index (χ3v) is 6.98. The number of fused-ring (bicyclic) bond motifs is 3. The van der Waals surface area contributed by atoms with E-state index in [2.05, 4.69) is 25.2 Å². The summed E-state index contributed by atoms with van der Waals surface area (Å²) in [7, 11) is 0. The molecule has 1 unspecified atom stereocenters. The minimum absolute atomic E-state index is 0.126. The summed E-state index contributed by atoms with van der Waals surface area (Å²) in [6.45, 7) is 4.61. The number of aryl methyl sites for hydroxylation is 1. The number of ether oxygens (including phenoxy) is 1. The molecule has 2 aliphatic heterocycles. The Morgan fingerprint density at radius 1 is 1.21 bits per heavy atom. The lowest BCUT2D eigenvalue weighted by Gasteiger charge is -2.39. The highest BCUT2D eigenvalue weighted by Gasteiger charge is 2.33. The van der Waals surface area contributed by atoms with Crippen LogP contribution in [0.3, 0.4) is 0 Å². The second-order valence-corrected chi connectivity index (χ2v) is 8.85. The summed E-state index contributed by atoms with van der Waals surface area (Å²) in [5.41, 5.74) is 1.13. The lowest BCUT2D eigenvalue weighted by atomic mass is 9.93. The van der Waals surface area contributed by atoms with E-state index in [0.29, 0.717) is 39.9 Å². The lowest BCUT2D eigenvalue weighted by molar-refractivity contribution is 0.284. The summed E-state index contributed by atoms with van der Waals surface area (Å²) >= 11 is 6.90. The van der Waals surface area contributed by atoms with Crippen LogP contribution in [0.1, 0.15) is 12.0 Å². The molecule has 0 aliphatic carbocycles. The molecule has 2 N–H and O–H groups in total. The highest BCUT2D eigenvalue weighted by Crippen LogP contribution is 2.48. The number of halogens is 2. The molecule has 0 spiro atoms. The number of piperazine rings is 1. The van der Waals surface area contributed by atoms with Gasteiger partial charge in [-0.3, -0.25) is 4.79 Å². The number of hydrogen-bond acceptors (Lipinski definition) is 6. The van der Waals surface area contributed by atoms with Gasteiger partial charge < -0.3 is 19.9 Å². The van der Waals surface area contributed by atoms with Gasteiger partial charge in [-0.1, -0.05) is 23.7 Å². The van der Waals surface area contributed by atoms with Crippen molar-refractivity contribution in [2.45, 2.75) is 19.4 Å². The monoisotopic (exact) mass is 465 g/mol. The standard InChI is InChI=1S/C24H21ClFN5O2/c1-12-2-3-13-4-6-28-24(32)16(13)15(12)17-19(25)22-18-21(20(17)26)29-11-30-23(18)31-8-7-27-10-14(31)5-9-33-22/h2-4,6,11,14,27H,5,7-10H2,1H3,(H,28,32). The molecule has 1 saturated heterocycles. The average Bonchev–Trinajstić information content (AvgIpc) is 2.81. The van der Waals surface area contributed by atoms with E-state index in [1.54, 1.807) is 12.3 Å². The Bertz CT molecular complexity index is 1490. The zero-order chi connectivity index (χ0) is 22.7. The van der Waals surface area contributed by atoms with E-state index in [9.17, 15) is 4.79 Å². The summed E-state index contributed by atoms with van der Waals surface area (Å²) in [6, 6.07) is 5.67. The van der Waals surface area contributed by atoms with Crippen molar-refractivity contribution in [1.29, 1.82) is 0 Å². The average molecular weight is 466 g/mol. The molecule has 9 heteroatoms. The first kappa shape index (κ1) is 20.4. The van der Waals surface area contributed by atoms with Gasteiger partial charge in [-0.05, 0) is 23.9 Å². The molecular formula is C24H21ClFN5O2. The van der Waals surface area contributed by atoms with Crippen molar-refractivity contribution in [3.8, 4) is 16.9 Å². The molecule has 4 heterocycles. The Kier molecular flexibility index (Phi) is 4.74. The van der Waals surface area contributed by atoms with Gasteiger partial charge in [0.2, 0.25) is 0 Å². The van der Waals surface area contributed by atoms with Gasteiger partial charge in [0.1, 0.15) is 17.7 Å². The second-order valence-electron chi connectivity index (χ2n) is 8.47.